The van der Waals surface area contributed by atoms with Gasteiger partial charge in [-0.3, -0.25) is 4.79 Å². The second-order valence-corrected chi connectivity index (χ2v) is 3.42. The first-order valence-corrected chi connectivity index (χ1v) is 4.55. The zero-order chi connectivity index (χ0) is 10.6. The van der Waals surface area contributed by atoms with E-state index in [0.29, 0.717) is 23.6 Å². The van der Waals surface area contributed by atoms with E-state index >= 15 is 0 Å². The molecule has 0 unspecified atom stereocenters. The van der Waals surface area contributed by atoms with Crippen molar-refractivity contribution >= 4 is 23.1 Å². The summed E-state index contributed by atoms with van der Waals surface area (Å²) in [6.07, 6.45) is 3.73. The highest BCUT2D eigenvalue weighted by Gasteiger charge is 2.06. The van der Waals surface area contributed by atoms with Crippen LogP contribution in [0.4, 0.5) is 0 Å². The van der Waals surface area contributed by atoms with Crippen LogP contribution in [0.3, 0.4) is 0 Å². The molecule has 1 aromatic rings. The third kappa shape index (κ3) is 3.14. The van der Waals surface area contributed by atoms with Gasteiger partial charge in [0.2, 0.25) is 0 Å². The largest absolute Gasteiger partial charge is 0.393 e. The van der Waals surface area contributed by atoms with Gasteiger partial charge >= 0.3 is 0 Å². The van der Waals surface area contributed by atoms with Crippen LogP contribution in [-0.4, -0.2) is 27.0 Å². The van der Waals surface area contributed by atoms with Crippen molar-refractivity contribution in [2.45, 2.75) is 6.42 Å². The molecule has 5 nitrogen and oxygen atoms in total. The van der Waals surface area contributed by atoms with Gasteiger partial charge in [0.25, 0.3) is 5.91 Å². The molecule has 0 aliphatic rings. The van der Waals surface area contributed by atoms with Crippen LogP contribution >= 0.6 is 12.2 Å². The van der Waals surface area contributed by atoms with E-state index in [-0.39, 0.29) is 5.91 Å². The number of carbonyl (C=O) groups excluding carboxylic acids is 1. The lowest BCUT2D eigenvalue weighted by Gasteiger charge is -2.00. The molecule has 0 atom stereocenters. The van der Waals surface area contributed by atoms with Crippen LogP contribution in [0, 0.1) is 0 Å². The molecule has 0 aliphatic carbocycles. The van der Waals surface area contributed by atoms with Crippen molar-refractivity contribution in [3.63, 3.8) is 0 Å². The Labute approximate surface area is 87.3 Å². The number of imidazole rings is 1. The monoisotopic (exact) mass is 212 g/mol. The Kier molecular flexibility index (Phi) is 3.58. The molecule has 0 radical (unpaired) electrons. The Bertz CT molecular complexity index is 347. The molecule has 0 saturated carbocycles. The molecule has 0 saturated heterocycles. The highest BCUT2D eigenvalue weighted by molar-refractivity contribution is 7.80. The molecule has 6 heteroatoms. The Balaban J connectivity index is 2.39. The lowest BCUT2D eigenvalue weighted by atomic mass is 10.4. The van der Waals surface area contributed by atoms with E-state index in [0.717, 1.165) is 0 Å². The van der Waals surface area contributed by atoms with Gasteiger partial charge in [0.1, 0.15) is 5.69 Å². The fourth-order valence-electron chi connectivity index (χ4n) is 0.920. The maximum Gasteiger partial charge on any atom is 0.271 e. The Morgan fingerprint density at radius 2 is 2.50 bits per heavy atom. The van der Waals surface area contributed by atoms with E-state index in [1.54, 1.807) is 24.1 Å². The van der Waals surface area contributed by atoms with Gasteiger partial charge in [-0.2, -0.15) is 0 Å². The maximum absolute atomic E-state index is 11.4. The standard InChI is InChI=1S/C8H12N4OS/c1-12-4-6(11-5-12)8(13)10-3-2-7(9)14/h4-5H,2-3H2,1H3,(H2,9,14)(H,10,13). The molecule has 1 aromatic heterocycles. The molecule has 0 fully saturated rings. The predicted octanol–water partition coefficient (Wildman–Crippen LogP) is -0.174. The minimum Gasteiger partial charge on any atom is -0.393 e. The fourth-order valence-corrected chi connectivity index (χ4v) is 1.02. The minimum absolute atomic E-state index is 0.207. The topological polar surface area (TPSA) is 72.9 Å². The number of nitrogens with two attached hydrogens (primary N) is 1. The van der Waals surface area contributed by atoms with Gasteiger partial charge < -0.3 is 15.6 Å². The molecular formula is C8H12N4OS. The molecule has 1 rings (SSSR count). The number of nitrogens with zero attached hydrogens (tertiary/aromatic N) is 2. The number of aryl methyl sites for hydroxylation is 1. The number of carbonyl (C=O) groups is 1. The van der Waals surface area contributed by atoms with Crippen LogP contribution < -0.4 is 11.1 Å². The van der Waals surface area contributed by atoms with Crippen LogP contribution in [0.25, 0.3) is 0 Å². The van der Waals surface area contributed by atoms with Crippen molar-refractivity contribution in [3.8, 4) is 0 Å². The molecule has 76 valence electrons. The predicted molar refractivity (Wildman–Crippen MR) is 56.9 cm³/mol. The quantitative estimate of drug-likeness (QED) is 0.679. The molecule has 1 amide bonds. The van der Waals surface area contributed by atoms with Crippen molar-refractivity contribution in [1.82, 2.24) is 14.9 Å². The number of hydrogen-bond acceptors (Lipinski definition) is 3. The molecule has 0 aromatic carbocycles. The number of amides is 1. The summed E-state index contributed by atoms with van der Waals surface area (Å²) in [6.45, 7) is 0.449. The zero-order valence-corrected chi connectivity index (χ0v) is 8.67. The highest BCUT2D eigenvalue weighted by Crippen LogP contribution is 1.93. The van der Waals surface area contributed by atoms with E-state index in [4.69, 9.17) is 5.73 Å². The summed E-state index contributed by atoms with van der Waals surface area (Å²) in [5.41, 5.74) is 5.68. The summed E-state index contributed by atoms with van der Waals surface area (Å²) in [5, 5.41) is 2.66. The molecule has 1 heterocycles. The number of nitrogens with one attached hydrogen (secondary N) is 1. The van der Waals surface area contributed by atoms with E-state index in [9.17, 15) is 4.79 Å². The summed E-state index contributed by atoms with van der Waals surface area (Å²) >= 11 is 4.68. The molecule has 3 N–H and O–H groups in total. The van der Waals surface area contributed by atoms with Crippen molar-refractivity contribution in [1.29, 1.82) is 0 Å². The summed E-state index contributed by atoms with van der Waals surface area (Å²) in [5.74, 6) is -0.207. The van der Waals surface area contributed by atoms with Gasteiger partial charge in [0, 0.05) is 26.2 Å². The van der Waals surface area contributed by atoms with E-state index in [2.05, 4.69) is 22.5 Å². The first-order valence-electron chi connectivity index (χ1n) is 4.14. The second kappa shape index (κ2) is 4.71. The van der Waals surface area contributed by atoms with Gasteiger partial charge in [-0.15, -0.1) is 0 Å². The highest BCUT2D eigenvalue weighted by atomic mass is 32.1. The number of aromatic nitrogens is 2. The molecule has 0 aliphatic heterocycles. The van der Waals surface area contributed by atoms with E-state index < -0.39 is 0 Å². The number of rotatable bonds is 4. The normalized spacial score (nSPS) is 9.79. The van der Waals surface area contributed by atoms with Crippen molar-refractivity contribution in [2.75, 3.05) is 6.54 Å². The third-order valence-electron chi connectivity index (χ3n) is 1.59. The lowest BCUT2D eigenvalue weighted by molar-refractivity contribution is 0.0950. The summed E-state index contributed by atoms with van der Waals surface area (Å²) in [4.78, 5) is 15.7. The smallest absolute Gasteiger partial charge is 0.271 e. The number of thiocarbonyl (C=S) groups is 1. The average molecular weight is 212 g/mol. The zero-order valence-electron chi connectivity index (χ0n) is 7.86. The Hall–Kier alpha value is -1.43. The van der Waals surface area contributed by atoms with Crippen LogP contribution in [0.15, 0.2) is 12.5 Å². The average Bonchev–Trinajstić information content (AvgIpc) is 2.51. The lowest BCUT2D eigenvalue weighted by Crippen LogP contribution is -2.27. The first kappa shape index (κ1) is 10.6. The van der Waals surface area contributed by atoms with Gasteiger partial charge in [0.05, 0.1) is 11.3 Å². The van der Waals surface area contributed by atoms with Crippen LogP contribution in [0.5, 0.6) is 0 Å². The second-order valence-electron chi connectivity index (χ2n) is 2.90. The minimum atomic E-state index is -0.207. The van der Waals surface area contributed by atoms with E-state index in [1.807, 2.05) is 0 Å². The molecule has 0 spiro atoms. The maximum atomic E-state index is 11.4. The van der Waals surface area contributed by atoms with Crippen molar-refractivity contribution < 1.29 is 4.79 Å². The van der Waals surface area contributed by atoms with Crippen molar-refractivity contribution in [2.24, 2.45) is 12.8 Å². The third-order valence-corrected chi connectivity index (χ3v) is 1.80. The first-order chi connectivity index (χ1) is 6.59. The van der Waals surface area contributed by atoms with Gasteiger partial charge in [-0.05, 0) is 0 Å². The summed E-state index contributed by atoms with van der Waals surface area (Å²) in [7, 11) is 1.80. The van der Waals surface area contributed by atoms with Crippen LogP contribution in [0.2, 0.25) is 0 Å². The van der Waals surface area contributed by atoms with Crippen LogP contribution in [0.1, 0.15) is 16.9 Å². The van der Waals surface area contributed by atoms with Crippen molar-refractivity contribution in [3.05, 3.63) is 18.2 Å². The van der Waals surface area contributed by atoms with Gasteiger partial charge in [-0.25, -0.2) is 4.98 Å². The summed E-state index contributed by atoms with van der Waals surface area (Å²) < 4.78 is 1.71. The summed E-state index contributed by atoms with van der Waals surface area (Å²) in [6, 6.07) is 0. The molecular weight excluding hydrogens is 200 g/mol. The Morgan fingerprint density at radius 3 is 3.00 bits per heavy atom. The molecule has 0 bridgehead atoms. The SMILES string of the molecule is Cn1cnc(C(=O)NCCC(N)=S)c1. The Morgan fingerprint density at radius 1 is 1.79 bits per heavy atom. The van der Waals surface area contributed by atoms with E-state index in [1.165, 1.54) is 0 Å². The fraction of sp³-hybridized carbons (Fsp3) is 0.375. The number of hydrogen-bond donors (Lipinski definition) is 2. The van der Waals surface area contributed by atoms with Gasteiger partial charge in [0.15, 0.2) is 0 Å². The van der Waals surface area contributed by atoms with Crippen LogP contribution in [-0.2, 0) is 7.05 Å². The van der Waals surface area contributed by atoms with Gasteiger partial charge in [-0.1, -0.05) is 12.2 Å². The molecule has 14 heavy (non-hydrogen) atoms.